The van der Waals surface area contributed by atoms with Gasteiger partial charge in [0.2, 0.25) is 0 Å². The van der Waals surface area contributed by atoms with Crippen molar-refractivity contribution in [2.45, 2.75) is 13.0 Å². The third-order valence-corrected chi connectivity index (χ3v) is 1.62. The first-order valence-corrected chi connectivity index (χ1v) is 3.59. The van der Waals surface area contributed by atoms with Crippen molar-refractivity contribution in [3.8, 4) is 0 Å². The fourth-order valence-corrected chi connectivity index (χ4v) is 0.937. The Labute approximate surface area is 73.7 Å². The molecule has 6 N–H and O–H groups in total. The smallest absolute Gasteiger partial charge is 0.266 e. The Bertz CT molecular complexity index is 314. The molecule has 0 amide bonds. The predicted octanol–water partition coefficient (Wildman–Crippen LogP) is 0.642. The highest BCUT2D eigenvalue weighted by atomic mass is 19.3. The minimum Gasteiger partial charge on any atom is -0.395 e. The Morgan fingerprint density at radius 3 is 2.46 bits per heavy atom. The van der Waals surface area contributed by atoms with Crippen LogP contribution in [0.1, 0.15) is 17.7 Å². The molecule has 72 valence electrons. The second-order valence-corrected chi connectivity index (χ2v) is 2.51. The molecule has 13 heavy (non-hydrogen) atoms. The van der Waals surface area contributed by atoms with Crippen molar-refractivity contribution in [2.24, 2.45) is 5.73 Å². The van der Waals surface area contributed by atoms with E-state index >= 15 is 0 Å². The molecule has 1 aromatic rings. The van der Waals surface area contributed by atoms with Crippen LogP contribution in [0.25, 0.3) is 0 Å². The van der Waals surface area contributed by atoms with Gasteiger partial charge in [-0.1, -0.05) is 0 Å². The monoisotopic (exact) mass is 188 g/mol. The maximum Gasteiger partial charge on any atom is 0.266 e. The minimum absolute atomic E-state index is 0.0597. The van der Waals surface area contributed by atoms with Gasteiger partial charge < -0.3 is 17.2 Å². The van der Waals surface area contributed by atoms with Crippen LogP contribution < -0.4 is 17.2 Å². The van der Waals surface area contributed by atoms with Gasteiger partial charge in [0, 0.05) is 12.1 Å². The second-order valence-electron chi connectivity index (χ2n) is 2.51. The standard InChI is InChI=1S/C7H10F2N4/c8-6(9)4-1-3(2-10)13-7(12)5(4)11/h1,6H,2,10-11H2,(H2,12,13). The number of hydrogen-bond acceptors (Lipinski definition) is 4. The lowest BCUT2D eigenvalue weighted by Gasteiger charge is -2.08. The maximum atomic E-state index is 12.3. The van der Waals surface area contributed by atoms with Gasteiger partial charge >= 0.3 is 0 Å². The summed E-state index contributed by atoms with van der Waals surface area (Å²) in [7, 11) is 0. The third-order valence-electron chi connectivity index (χ3n) is 1.62. The molecule has 0 aromatic carbocycles. The Morgan fingerprint density at radius 1 is 1.38 bits per heavy atom. The van der Waals surface area contributed by atoms with Crippen molar-refractivity contribution in [2.75, 3.05) is 11.5 Å². The average molecular weight is 188 g/mol. The predicted molar refractivity (Wildman–Crippen MR) is 45.9 cm³/mol. The molecule has 0 bridgehead atoms. The molecule has 0 fully saturated rings. The van der Waals surface area contributed by atoms with E-state index in [-0.39, 0.29) is 23.6 Å². The first-order chi connectivity index (χ1) is 6.06. The van der Waals surface area contributed by atoms with E-state index < -0.39 is 6.43 Å². The van der Waals surface area contributed by atoms with Crippen molar-refractivity contribution in [3.63, 3.8) is 0 Å². The molecule has 0 aliphatic carbocycles. The molecule has 0 unspecified atom stereocenters. The Kier molecular flexibility index (Phi) is 2.62. The largest absolute Gasteiger partial charge is 0.395 e. The number of pyridine rings is 1. The number of halogens is 2. The Hall–Kier alpha value is -1.43. The number of anilines is 2. The zero-order valence-electron chi connectivity index (χ0n) is 6.80. The fraction of sp³-hybridized carbons (Fsp3) is 0.286. The van der Waals surface area contributed by atoms with Crippen LogP contribution in [-0.4, -0.2) is 4.98 Å². The van der Waals surface area contributed by atoms with Crippen molar-refractivity contribution >= 4 is 11.5 Å². The lowest BCUT2D eigenvalue weighted by Crippen LogP contribution is -2.08. The van der Waals surface area contributed by atoms with Crippen molar-refractivity contribution in [1.82, 2.24) is 4.98 Å². The first-order valence-electron chi connectivity index (χ1n) is 3.59. The second kappa shape index (κ2) is 3.53. The van der Waals surface area contributed by atoms with E-state index in [1.165, 1.54) is 0 Å². The lowest BCUT2D eigenvalue weighted by atomic mass is 10.2. The molecule has 0 atom stereocenters. The van der Waals surface area contributed by atoms with E-state index in [2.05, 4.69) is 4.98 Å². The topological polar surface area (TPSA) is 91.0 Å². The van der Waals surface area contributed by atoms with E-state index in [1.807, 2.05) is 0 Å². The molecule has 1 heterocycles. The molecule has 0 aliphatic rings. The molecule has 4 nitrogen and oxygen atoms in total. The van der Waals surface area contributed by atoms with Crippen molar-refractivity contribution < 1.29 is 8.78 Å². The average Bonchev–Trinajstić information content (AvgIpc) is 2.09. The summed E-state index contributed by atoms with van der Waals surface area (Å²) in [5, 5.41) is 0. The number of nitrogens with zero attached hydrogens (tertiary/aromatic N) is 1. The molecule has 1 rings (SSSR count). The van der Waals surface area contributed by atoms with Crippen LogP contribution >= 0.6 is 0 Å². The fourth-order valence-electron chi connectivity index (χ4n) is 0.937. The van der Waals surface area contributed by atoms with E-state index in [0.717, 1.165) is 6.07 Å². The zero-order chi connectivity index (χ0) is 10.0. The lowest BCUT2D eigenvalue weighted by molar-refractivity contribution is 0.152. The van der Waals surface area contributed by atoms with Crippen LogP contribution in [-0.2, 0) is 6.54 Å². The van der Waals surface area contributed by atoms with Crippen LogP contribution in [0.5, 0.6) is 0 Å². The van der Waals surface area contributed by atoms with Crippen LogP contribution in [0.4, 0.5) is 20.3 Å². The summed E-state index contributed by atoms with van der Waals surface area (Å²) in [5.41, 5.74) is 15.7. The van der Waals surface area contributed by atoms with E-state index in [9.17, 15) is 8.78 Å². The summed E-state index contributed by atoms with van der Waals surface area (Å²) in [6.07, 6.45) is -2.66. The Morgan fingerprint density at radius 2 is 2.00 bits per heavy atom. The minimum atomic E-state index is -2.66. The number of nitrogens with two attached hydrogens (primary N) is 3. The molecule has 1 aromatic heterocycles. The molecule has 0 radical (unpaired) electrons. The third kappa shape index (κ3) is 1.83. The molecule has 0 aliphatic heterocycles. The quantitative estimate of drug-likeness (QED) is 0.635. The summed E-state index contributed by atoms with van der Waals surface area (Å²) in [6.45, 7) is 0.0597. The molecule has 0 saturated carbocycles. The highest BCUT2D eigenvalue weighted by Gasteiger charge is 2.15. The maximum absolute atomic E-state index is 12.3. The SMILES string of the molecule is NCc1cc(C(F)F)c(N)c(N)n1. The number of alkyl halides is 2. The van der Waals surface area contributed by atoms with Crippen molar-refractivity contribution in [1.29, 1.82) is 0 Å². The van der Waals surface area contributed by atoms with Gasteiger partial charge in [-0.05, 0) is 6.07 Å². The highest BCUT2D eigenvalue weighted by molar-refractivity contribution is 5.63. The summed E-state index contributed by atoms with van der Waals surface area (Å²) < 4.78 is 24.6. The number of hydrogen-bond donors (Lipinski definition) is 3. The van der Waals surface area contributed by atoms with Crippen LogP contribution in [0, 0.1) is 0 Å². The van der Waals surface area contributed by atoms with Gasteiger partial charge in [0.1, 0.15) is 5.82 Å². The van der Waals surface area contributed by atoms with E-state index in [0.29, 0.717) is 5.69 Å². The number of nitrogen functional groups attached to an aromatic ring is 2. The van der Waals surface area contributed by atoms with Gasteiger partial charge in [-0.15, -0.1) is 0 Å². The zero-order valence-corrected chi connectivity index (χ0v) is 6.80. The van der Waals surface area contributed by atoms with Crippen LogP contribution in [0.15, 0.2) is 6.07 Å². The van der Waals surface area contributed by atoms with E-state index in [1.54, 1.807) is 0 Å². The van der Waals surface area contributed by atoms with Gasteiger partial charge in [-0.25, -0.2) is 13.8 Å². The van der Waals surface area contributed by atoms with Gasteiger partial charge in [-0.3, -0.25) is 0 Å². The molecule has 0 saturated heterocycles. The number of aromatic nitrogens is 1. The Balaban J connectivity index is 3.25. The summed E-state index contributed by atoms with van der Waals surface area (Å²) in [6, 6.07) is 1.16. The molecular formula is C7H10F2N4. The van der Waals surface area contributed by atoms with Gasteiger partial charge in [0.15, 0.2) is 0 Å². The number of rotatable bonds is 2. The molecule has 6 heteroatoms. The first kappa shape index (κ1) is 9.66. The normalized spacial score (nSPS) is 10.8. The van der Waals surface area contributed by atoms with Crippen LogP contribution in [0.2, 0.25) is 0 Å². The summed E-state index contributed by atoms with van der Waals surface area (Å²) >= 11 is 0. The molecular weight excluding hydrogens is 178 g/mol. The van der Waals surface area contributed by atoms with Crippen LogP contribution in [0.3, 0.4) is 0 Å². The van der Waals surface area contributed by atoms with E-state index in [4.69, 9.17) is 17.2 Å². The summed E-state index contributed by atoms with van der Waals surface area (Å²) in [4.78, 5) is 3.73. The summed E-state index contributed by atoms with van der Waals surface area (Å²) in [5.74, 6) is -0.0988. The van der Waals surface area contributed by atoms with Gasteiger partial charge in [0.25, 0.3) is 6.43 Å². The molecule has 0 spiro atoms. The van der Waals surface area contributed by atoms with Gasteiger partial charge in [0.05, 0.1) is 11.4 Å². The van der Waals surface area contributed by atoms with Gasteiger partial charge in [-0.2, -0.15) is 0 Å². The van der Waals surface area contributed by atoms with Crippen molar-refractivity contribution in [3.05, 3.63) is 17.3 Å². The highest BCUT2D eigenvalue weighted by Crippen LogP contribution is 2.28.